The largest absolute Gasteiger partial charge is 0.357 e. The summed E-state index contributed by atoms with van der Waals surface area (Å²) >= 11 is 0. The summed E-state index contributed by atoms with van der Waals surface area (Å²) in [5, 5.41) is 6.93. The molecule has 0 bridgehead atoms. The number of nitrogens with one attached hydrogen (secondary N) is 2. The zero-order chi connectivity index (χ0) is 16.7. The second-order valence-electron chi connectivity index (χ2n) is 6.51. The molecule has 0 aromatic carbocycles. The van der Waals surface area contributed by atoms with Crippen LogP contribution < -0.4 is 10.6 Å². The van der Waals surface area contributed by atoms with Gasteiger partial charge in [0.05, 0.1) is 12.2 Å². The Balaban J connectivity index is 1.89. The van der Waals surface area contributed by atoms with Crippen LogP contribution in [-0.2, 0) is 6.54 Å². The maximum Gasteiger partial charge on any atom is 0.191 e. The Kier molecular flexibility index (Phi) is 6.84. The van der Waals surface area contributed by atoms with Crippen LogP contribution in [0.25, 0.3) is 0 Å². The van der Waals surface area contributed by atoms with E-state index < -0.39 is 0 Å². The minimum absolute atomic E-state index is 0.508. The number of aliphatic imine (C=N–C) groups is 1. The highest BCUT2D eigenvalue weighted by atomic mass is 15.2. The summed E-state index contributed by atoms with van der Waals surface area (Å²) in [7, 11) is 0. The number of aryl methyl sites for hydroxylation is 1. The Morgan fingerprint density at radius 1 is 1.35 bits per heavy atom. The number of likely N-dealkylation sites (tertiary alicyclic amines) is 1. The number of guanidine groups is 1. The summed E-state index contributed by atoms with van der Waals surface area (Å²) in [6.45, 7) is 12.5. The highest BCUT2D eigenvalue weighted by Crippen LogP contribution is 2.12. The first-order chi connectivity index (χ1) is 11.1. The smallest absolute Gasteiger partial charge is 0.191 e. The van der Waals surface area contributed by atoms with Gasteiger partial charge < -0.3 is 15.5 Å². The highest BCUT2D eigenvalue weighted by Gasteiger charge is 2.21. The van der Waals surface area contributed by atoms with E-state index in [2.05, 4.69) is 41.3 Å². The number of piperidine rings is 1. The maximum atomic E-state index is 4.69. The molecule has 1 aromatic heterocycles. The zero-order valence-electron chi connectivity index (χ0n) is 15.0. The number of nitrogens with zero attached hydrogens (tertiary/aromatic N) is 3. The molecule has 2 rings (SSSR count). The van der Waals surface area contributed by atoms with Crippen LogP contribution in [0.4, 0.5) is 0 Å². The van der Waals surface area contributed by atoms with Crippen molar-refractivity contribution in [3.63, 3.8) is 0 Å². The van der Waals surface area contributed by atoms with Crippen molar-refractivity contribution < 1.29 is 0 Å². The molecule has 0 atom stereocenters. The van der Waals surface area contributed by atoms with E-state index in [0.29, 0.717) is 18.6 Å². The predicted molar refractivity (Wildman–Crippen MR) is 96.7 cm³/mol. The number of hydrogen-bond acceptors (Lipinski definition) is 3. The van der Waals surface area contributed by atoms with E-state index in [4.69, 9.17) is 4.99 Å². The van der Waals surface area contributed by atoms with Gasteiger partial charge in [-0.3, -0.25) is 4.98 Å². The van der Waals surface area contributed by atoms with E-state index in [1.807, 2.05) is 25.1 Å². The van der Waals surface area contributed by atoms with Crippen LogP contribution in [0, 0.1) is 6.92 Å². The lowest BCUT2D eigenvalue weighted by Gasteiger charge is -2.35. The van der Waals surface area contributed by atoms with E-state index in [0.717, 1.165) is 37.0 Å². The fraction of sp³-hybridized carbons (Fsp3) is 0.667. The van der Waals surface area contributed by atoms with Crippen molar-refractivity contribution in [2.75, 3.05) is 19.6 Å². The topological polar surface area (TPSA) is 52.6 Å². The molecular weight excluding hydrogens is 286 g/mol. The SMILES string of the molecule is CCNC(=NCc1cccc(C)n1)NC1CCN(C(C)C)CC1. The lowest BCUT2D eigenvalue weighted by atomic mass is 10.0. The highest BCUT2D eigenvalue weighted by molar-refractivity contribution is 5.80. The van der Waals surface area contributed by atoms with Crippen LogP contribution in [0.1, 0.15) is 45.0 Å². The second-order valence-corrected chi connectivity index (χ2v) is 6.51. The molecule has 2 heterocycles. The number of aromatic nitrogens is 1. The van der Waals surface area contributed by atoms with E-state index in [1.54, 1.807) is 0 Å². The van der Waals surface area contributed by atoms with E-state index in [-0.39, 0.29) is 0 Å². The van der Waals surface area contributed by atoms with Crippen LogP contribution in [0.3, 0.4) is 0 Å². The molecule has 5 heteroatoms. The molecule has 23 heavy (non-hydrogen) atoms. The zero-order valence-corrected chi connectivity index (χ0v) is 15.0. The molecule has 0 aliphatic carbocycles. The Bertz CT molecular complexity index is 504. The lowest BCUT2D eigenvalue weighted by Crippen LogP contribution is -2.49. The molecule has 1 aliphatic heterocycles. The Labute approximate surface area is 140 Å². The van der Waals surface area contributed by atoms with Crippen LogP contribution >= 0.6 is 0 Å². The summed E-state index contributed by atoms with van der Waals surface area (Å²) in [5.74, 6) is 0.902. The van der Waals surface area contributed by atoms with E-state index in [9.17, 15) is 0 Å². The third-order valence-electron chi connectivity index (χ3n) is 4.29. The molecule has 0 spiro atoms. The van der Waals surface area contributed by atoms with Gasteiger partial charge in [-0.05, 0) is 52.7 Å². The molecule has 1 fully saturated rings. The fourth-order valence-electron chi connectivity index (χ4n) is 2.92. The first kappa shape index (κ1) is 17.7. The molecule has 5 nitrogen and oxygen atoms in total. The lowest BCUT2D eigenvalue weighted by molar-refractivity contribution is 0.167. The molecular formula is C18H31N5. The minimum Gasteiger partial charge on any atom is -0.357 e. The molecule has 128 valence electrons. The summed E-state index contributed by atoms with van der Waals surface area (Å²) < 4.78 is 0. The molecule has 0 unspecified atom stereocenters. The van der Waals surface area contributed by atoms with Crippen LogP contribution in [0.15, 0.2) is 23.2 Å². The molecule has 1 aliphatic rings. The van der Waals surface area contributed by atoms with Crippen LogP contribution in [-0.4, -0.2) is 47.6 Å². The van der Waals surface area contributed by atoms with Crippen LogP contribution in [0.2, 0.25) is 0 Å². The van der Waals surface area contributed by atoms with Gasteiger partial charge in [0, 0.05) is 37.4 Å². The monoisotopic (exact) mass is 317 g/mol. The summed E-state index contributed by atoms with van der Waals surface area (Å²) in [6, 6.07) is 7.23. The second kappa shape index (κ2) is 8.87. The van der Waals surface area contributed by atoms with Crippen molar-refractivity contribution >= 4 is 5.96 Å². The maximum absolute atomic E-state index is 4.69. The summed E-state index contributed by atoms with van der Waals surface area (Å²) in [5.41, 5.74) is 2.05. The van der Waals surface area contributed by atoms with Gasteiger partial charge in [-0.2, -0.15) is 0 Å². The van der Waals surface area contributed by atoms with Gasteiger partial charge in [0.15, 0.2) is 5.96 Å². The molecule has 2 N–H and O–H groups in total. The molecule has 0 saturated carbocycles. The quantitative estimate of drug-likeness (QED) is 0.646. The van der Waals surface area contributed by atoms with E-state index in [1.165, 1.54) is 12.8 Å². The van der Waals surface area contributed by atoms with Crippen molar-refractivity contribution in [3.8, 4) is 0 Å². The number of hydrogen-bond donors (Lipinski definition) is 2. The first-order valence-corrected chi connectivity index (χ1v) is 8.80. The van der Waals surface area contributed by atoms with Gasteiger partial charge in [0.1, 0.15) is 0 Å². The normalized spacial score (nSPS) is 17.5. The molecule has 0 radical (unpaired) electrons. The standard InChI is InChI=1S/C18H31N5/c1-5-19-18(20-13-17-8-6-7-15(4)21-17)22-16-9-11-23(12-10-16)14(2)3/h6-8,14,16H,5,9-13H2,1-4H3,(H2,19,20,22). The predicted octanol–water partition coefficient (Wildman–Crippen LogP) is 2.32. The third-order valence-corrected chi connectivity index (χ3v) is 4.29. The number of pyridine rings is 1. The Morgan fingerprint density at radius 3 is 2.70 bits per heavy atom. The molecule has 0 amide bonds. The third kappa shape index (κ3) is 5.82. The molecule has 1 aromatic rings. The minimum atomic E-state index is 0.508. The fourth-order valence-corrected chi connectivity index (χ4v) is 2.92. The first-order valence-electron chi connectivity index (χ1n) is 8.80. The Hall–Kier alpha value is -1.62. The average molecular weight is 317 g/mol. The van der Waals surface area contributed by atoms with Crippen molar-refractivity contribution in [2.24, 2.45) is 4.99 Å². The summed E-state index contributed by atoms with van der Waals surface area (Å²) in [4.78, 5) is 11.7. The summed E-state index contributed by atoms with van der Waals surface area (Å²) in [6.07, 6.45) is 2.34. The van der Waals surface area contributed by atoms with Gasteiger partial charge in [0.25, 0.3) is 0 Å². The van der Waals surface area contributed by atoms with Crippen molar-refractivity contribution in [1.29, 1.82) is 0 Å². The average Bonchev–Trinajstić information content (AvgIpc) is 2.53. The van der Waals surface area contributed by atoms with Gasteiger partial charge in [-0.25, -0.2) is 4.99 Å². The van der Waals surface area contributed by atoms with Crippen LogP contribution in [0.5, 0.6) is 0 Å². The van der Waals surface area contributed by atoms with Crippen molar-refractivity contribution in [2.45, 2.75) is 59.2 Å². The van der Waals surface area contributed by atoms with Gasteiger partial charge in [0.2, 0.25) is 0 Å². The Morgan fingerprint density at radius 2 is 2.09 bits per heavy atom. The van der Waals surface area contributed by atoms with Crippen molar-refractivity contribution in [3.05, 3.63) is 29.6 Å². The van der Waals surface area contributed by atoms with Crippen molar-refractivity contribution in [1.82, 2.24) is 20.5 Å². The van der Waals surface area contributed by atoms with Gasteiger partial charge in [-0.15, -0.1) is 0 Å². The van der Waals surface area contributed by atoms with E-state index >= 15 is 0 Å². The van der Waals surface area contributed by atoms with Gasteiger partial charge in [-0.1, -0.05) is 6.07 Å². The number of rotatable bonds is 5. The van der Waals surface area contributed by atoms with Gasteiger partial charge >= 0.3 is 0 Å². The molecule has 1 saturated heterocycles.